The zero-order chi connectivity index (χ0) is 27.8. The van der Waals surface area contributed by atoms with Crippen LogP contribution in [-0.4, -0.2) is 36.7 Å². The molecule has 0 spiro atoms. The Kier molecular flexibility index (Phi) is 9.39. The van der Waals surface area contributed by atoms with Crippen LogP contribution in [-0.2, 0) is 14.9 Å². The van der Waals surface area contributed by atoms with Gasteiger partial charge in [0.15, 0.2) is 0 Å². The number of hydrogen-bond donors (Lipinski definition) is 1. The van der Waals surface area contributed by atoms with E-state index in [1.807, 2.05) is 18.2 Å². The summed E-state index contributed by atoms with van der Waals surface area (Å²) in [5.41, 5.74) is 0.410. The van der Waals surface area contributed by atoms with Gasteiger partial charge in [-0.2, -0.15) is 26.0 Å². The van der Waals surface area contributed by atoms with Crippen molar-refractivity contribution in [2.75, 3.05) is 6.61 Å². The van der Waals surface area contributed by atoms with Gasteiger partial charge in [0.2, 0.25) is 0 Å². The summed E-state index contributed by atoms with van der Waals surface area (Å²) in [6.45, 7) is 2.42. The number of hydrogen-bond acceptors (Lipinski definition) is 5. The molecule has 0 aliphatic rings. The smallest absolute Gasteiger partial charge is 0.431 e. The number of halogens is 7. The summed E-state index contributed by atoms with van der Waals surface area (Å²) in [5, 5.41) is -4.13. The molecule has 0 aliphatic heterocycles. The Morgan fingerprint density at radius 1 is 1.03 bits per heavy atom. The minimum Gasteiger partial charge on any atom is -0.462 e. The van der Waals surface area contributed by atoms with Crippen LogP contribution in [0.25, 0.3) is 16.8 Å². The molecule has 37 heavy (non-hydrogen) atoms. The summed E-state index contributed by atoms with van der Waals surface area (Å²) in [4.78, 5) is 12.8. The Hall–Kier alpha value is -1.25. The molecule has 0 unspecified atom stereocenters. The minimum atomic E-state index is -6.40. The molecule has 14 heteroatoms. The van der Waals surface area contributed by atoms with Crippen LogP contribution in [0.5, 0.6) is 11.5 Å². The first kappa shape index (κ1) is 30.3. The number of ether oxygens (including phenoxy) is 2. The number of esters is 1. The van der Waals surface area contributed by atoms with Crippen molar-refractivity contribution in [2.45, 2.75) is 17.6 Å². The first-order valence-corrected chi connectivity index (χ1v) is 14.7. The third-order valence-electron chi connectivity index (χ3n) is 4.99. The summed E-state index contributed by atoms with van der Waals surface area (Å²) in [6.07, 6.45) is -0.361. The second-order valence-corrected chi connectivity index (χ2v) is 12.5. The fraction of sp³-hybridized carbons (Fsp3) is 0.174. The Bertz CT molecular complexity index is 1500. The average Bonchev–Trinajstić information content (AvgIpc) is 2.77. The van der Waals surface area contributed by atoms with Crippen LogP contribution < -0.4 is 4.74 Å². The van der Waals surface area contributed by atoms with Crippen LogP contribution in [0.2, 0.25) is 0 Å². The van der Waals surface area contributed by atoms with Crippen LogP contribution in [0.15, 0.2) is 49.0 Å². The summed E-state index contributed by atoms with van der Waals surface area (Å²) in [7, 11) is -6.40. The van der Waals surface area contributed by atoms with Crippen molar-refractivity contribution >= 4 is 101 Å². The number of benzene rings is 3. The maximum atomic E-state index is 13.8. The van der Waals surface area contributed by atoms with E-state index in [4.69, 9.17) is 14.0 Å². The van der Waals surface area contributed by atoms with E-state index < -0.39 is 40.3 Å². The number of alkyl halides is 4. The lowest BCUT2D eigenvalue weighted by molar-refractivity contribution is -0.168. The average molecular weight is 876 g/mol. The van der Waals surface area contributed by atoms with Gasteiger partial charge in [-0.1, -0.05) is 24.8 Å². The van der Waals surface area contributed by atoms with Crippen molar-refractivity contribution in [1.82, 2.24) is 0 Å². The quantitative estimate of drug-likeness (QED) is 0.102. The molecular weight excluding hydrogens is 861 g/mol. The Labute approximate surface area is 250 Å². The van der Waals surface area contributed by atoms with Gasteiger partial charge in [-0.15, -0.1) is 0 Å². The van der Waals surface area contributed by atoms with Crippen LogP contribution in [0.3, 0.4) is 0 Å². The van der Waals surface area contributed by atoms with E-state index in [0.29, 0.717) is 14.9 Å². The highest BCUT2D eigenvalue weighted by molar-refractivity contribution is 14.1. The van der Waals surface area contributed by atoms with Crippen molar-refractivity contribution < 1.29 is 44.8 Å². The lowest BCUT2D eigenvalue weighted by Crippen LogP contribution is -2.47. The molecule has 0 bridgehead atoms. The lowest BCUT2D eigenvalue weighted by Gasteiger charge is -2.23. The van der Waals surface area contributed by atoms with E-state index in [-0.39, 0.29) is 11.3 Å². The van der Waals surface area contributed by atoms with Crippen molar-refractivity contribution in [3.8, 4) is 11.5 Å². The molecule has 0 amide bonds. The van der Waals surface area contributed by atoms with Crippen molar-refractivity contribution in [3.05, 3.63) is 70.9 Å². The lowest BCUT2D eigenvalue weighted by atomic mass is 10.1. The van der Waals surface area contributed by atoms with Crippen LogP contribution in [0.4, 0.5) is 17.6 Å². The molecule has 0 radical (unpaired) electrons. The zero-order valence-electron chi connectivity index (χ0n) is 18.3. The van der Waals surface area contributed by atoms with Crippen LogP contribution >= 0.6 is 67.8 Å². The van der Waals surface area contributed by atoms with Gasteiger partial charge in [-0.3, -0.25) is 4.55 Å². The first-order valence-electron chi connectivity index (χ1n) is 10.0. The van der Waals surface area contributed by atoms with Gasteiger partial charge in [-0.05, 0) is 109 Å². The molecule has 0 saturated carbocycles. The molecule has 3 aromatic carbocycles. The molecule has 0 atom stereocenters. The fourth-order valence-corrected chi connectivity index (χ4v) is 6.67. The highest BCUT2D eigenvalue weighted by Crippen LogP contribution is 2.41. The molecular formula is C23H15F4I3O6S. The van der Waals surface area contributed by atoms with Crippen molar-refractivity contribution in [2.24, 2.45) is 0 Å². The summed E-state index contributed by atoms with van der Waals surface area (Å²) in [5.74, 6) is -5.96. The molecule has 6 nitrogen and oxygen atoms in total. The second kappa shape index (κ2) is 11.5. The monoisotopic (exact) mass is 876 g/mol. The SMILES string of the molecule is C=Cc1cc(I)c(C(=O)OCCC(F)(F)C(F)(F)S(=O)(=O)O)c(Oc2cccc3cc(I)cc(I)c23)c1. The highest BCUT2D eigenvalue weighted by Gasteiger charge is 2.65. The number of carbonyl (C=O) groups excluding carboxylic acids is 1. The molecule has 0 fully saturated rings. The number of carbonyl (C=O) groups is 1. The van der Waals surface area contributed by atoms with Crippen LogP contribution in [0, 0.1) is 10.7 Å². The summed E-state index contributed by atoms with van der Waals surface area (Å²) in [6, 6.07) is 12.2. The molecule has 0 saturated heterocycles. The number of fused-ring (bicyclic) bond motifs is 1. The van der Waals surface area contributed by atoms with Gasteiger partial charge < -0.3 is 9.47 Å². The normalized spacial score (nSPS) is 12.4. The fourth-order valence-electron chi connectivity index (χ4n) is 3.19. The third kappa shape index (κ3) is 6.50. The molecule has 3 aromatic rings. The summed E-state index contributed by atoms with van der Waals surface area (Å²) < 4.78 is 97.3. The van der Waals surface area contributed by atoms with Crippen molar-refractivity contribution in [1.29, 1.82) is 0 Å². The minimum absolute atomic E-state index is 0.00340. The predicted octanol–water partition coefficient (Wildman–Crippen LogP) is 7.75. The Morgan fingerprint density at radius 2 is 1.70 bits per heavy atom. The van der Waals surface area contributed by atoms with E-state index in [1.54, 1.807) is 40.8 Å². The maximum absolute atomic E-state index is 13.8. The number of rotatable bonds is 9. The van der Waals surface area contributed by atoms with E-state index >= 15 is 0 Å². The van der Waals surface area contributed by atoms with Crippen LogP contribution in [0.1, 0.15) is 22.3 Å². The maximum Gasteiger partial charge on any atom is 0.431 e. The molecule has 198 valence electrons. The molecule has 0 aromatic heterocycles. The van der Waals surface area contributed by atoms with Crippen molar-refractivity contribution in [3.63, 3.8) is 0 Å². The third-order valence-corrected chi connectivity index (χ3v) is 8.26. The van der Waals surface area contributed by atoms with Gasteiger partial charge in [0.05, 0.1) is 13.0 Å². The molecule has 3 rings (SSSR count). The highest BCUT2D eigenvalue weighted by atomic mass is 127. The standard InChI is InChI=1S/C23H15F4I3O6S/c1-2-12-8-15(29)20(21(31)35-7-6-22(24,25)23(26,27)37(32,33)34)18(9-12)36-17-5-3-4-13-10-14(28)11-16(30)19(13)17/h2-5,8-11H,1,6-7H2,(H,32,33,34). The second-order valence-electron chi connectivity index (χ2n) is 7.51. The predicted molar refractivity (Wildman–Crippen MR) is 155 cm³/mol. The molecule has 1 N–H and O–H groups in total. The summed E-state index contributed by atoms with van der Waals surface area (Å²) >= 11 is 6.12. The van der Waals surface area contributed by atoms with Gasteiger partial charge in [0, 0.05) is 16.1 Å². The van der Waals surface area contributed by atoms with Gasteiger partial charge in [-0.25, -0.2) is 4.79 Å². The topological polar surface area (TPSA) is 89.9 Å². The zero-order valence-corrected chi connectivity index (χ0v) is 25.6. The Balaban J connectivity index is 1.94. The van der Waals surface area contributed by atoms with E-state index in [2.05, 4.69) is 51.8 Å². The van der Waals surface area contributed by atoms with Gasteiger partial charge in [0.25, 0.3) is 0 Å². The van der Waals surface area contributed by atoms with E-state index in [0.717, 1.165) is 17.9 Å². The van der Waals surface area contributed by atoms with E-state index in [9.17, 15) is 30.8 Å². The molecule has 0 heterocycles. The Morgan fingerprint density at radius 3 is 2.32 bits per heavy atom. The van der Waals surface area contributed by atoms with Gasteiger partial charge in [0.1, 0.15) is 17.1 Å². The van der Waals surface area contributed by atoms with Gasteiger partial charge >= 0.3 is 27.3 Å². The van der Waals surface area contributed by atoms with E-state index in [1.165, 1.54) is 12.1 Å². The first-order chi connectivity index (χ1) is 17.1. The largest absolute Gasteiger partial charge is 0.462 e. The molecule has 0 aliphatic carbocycles.